The van der Waals surface area contributed by atoms with Crippen LogP contribution in [0.25, 0.3) is 10.6 Å². The monoisotopic (exact) mass is 518 g/mol. The van der Waals surface area contributed by atoms with Crippen molar-refractivity contribution in [3.05, 3.63) is 93.5 Å². The molecule has 0 spiro atoms. The number of nitrogens with zero attached hydrogens (tertiary/aromatic N) is 3. The number of aromatic nitrogens is 1. The predicted octanol–water partition coefficient (Wildman–Crippen LogP) is 4.81. The lowest BCUT2D eigenvalue weighted by molar-refractivity contribution is -0.138. The molecule has 10 heteroatoms. The quantitative estimate of drug-likeness (QED) is 0.494. The van der Waals surface area contributed by atoms with Gasteiger partial charge >= 0.3 is 5.97 Å². The zero-order valence-corrected chi connectivity index (χ0v) is 20.7. The Kier molecular flexibility index (Phi) is 6.35. The number of hydrogen-bond acceptors (Lipinski definition) is 8. The maximum absolute atomic E-state index is 14.2. The largest absolute Gasteiger partial charge is 0.463 e. The van der Waals surface area contributed by atoms with Gasteiger partial charge in [0.05, 0.1) is 45.9 Å². The minimum atomic E-state index is -0.986. The highest BCUT2D eigenvalue weighted by molar-refractivity contribution is 7.99. The molecule has 1 aromatic carbocycles. The minimum absolute atomic E-state index is 0.0302. The Morgan fingerprint density at radius 1 is 1.31 bits per heavy atom. The number of ether oxygens (including phenoxy) is 1. The van der Waals surface area contributed by atoms with Crippen molar-refractivity contribution in [1.82, 2.24) is 9.88 Å². The second-order valence-corrected chi connectivity index (χ2v) is 9.85. The number of fused-ring (bicyclic) bond motifs is 2. The second-order valence-electron chi connectivity index (χ2n) is 7.94. The highest BCUT2D eigenvalue weighted by Gasteiger charge is 2.43. The summed E-state index contributed by atoms with van der Waals surface area (Å²) >= 11 is 2.82. The molecule has 4 heterocycles. The Hall–Kier alpha value is -3.94. The molecule has 2 aliphatic rings. The SMILES string of the molecule is CCOC(=O)C1=C2CSc3nc(-c4cccs4)ccc3C(=O)N2C(N)=C(C#N)C1c1cccc(F)c1. The Morgan fingerprint density at radius 2 is 2.14 bits per heavy atom. The molecule has 36 heavy (non-hydrogen) atoms. The van der Waals surface area contributed by atoms with Crippen molar-refractivity contribution in [2.24, 2.45) is 5.73 Å². The summed E-state index contributed by atoms with van der Waals surface area (Å²) in [5, 5.41) is 12.5. The van der Waals surface area contributed by atoms with Crippen molar-refractivity contribution in [3.8, 4) is 16.6 Å². The number of nitrogens with two attached hydrogens (primary N) is 1. The average molecular weight is 519 g/mol. The number of pyridine rings is 1. The van der Waals surface area contributed by atoms with Crippen molar-refractivity contribution in [1.29, 1.82) is 5.26 Å². The predicted molar refractivity (Wildman–Crippen MR) is 134 cm³/mol. The molecule has 0 saturated carbocycles. The van der Waals surface area contributed by atoms with Gasteiger partial charge in [-0.3, -0.25) is 9.69 Å². The van der Waals surface area contributed by atoms with Crippen LogP contribution in [0.1, 0.15) is 28.8 Å². The topological polar surface area (TPSA) is 109 Å². The lowest BCUT2D eigenvalue weighted by Gasteiger charge is -2.35. The molecule has 2 N–H and O–H groups in total. The van der Waals surface area contributed by atoms with Crippen LogP contribution in [0.2, 0.25) is 0 Å². The fraction of sp³-hybridized carbons (Fsp3) is 0.154. The van der Waals surface area contributed by atoms with E-state index in [0.29, 0.717) is 21.8 Å². The molecule has 2 aliphatic heterocycles. The zero-order valence-electron chi connectivity index (χ0n) is 19.0. The van der Waals surface area contributed by atoms with Gasteiger partial charge in [0.2, 0.25) is 0 Å². The van der Waals surface area contributed by atoms with E-state index >= 15 is 0 Å². The summed E-state index contributed by atoms with van der Waals surface area (Å²) in [6, 6.07) is 15.0. The Labute approximate surface area is 214 Å². The molecule has 5 rings (SSSR count). The van der Waals surface area contributed by atoms with Gasteiger partial charge in [-0.2, -0.15) is 5.26 Å². The number of thioether (sulfide) groups is 1. The van der Waals surface area contributed by atoms with E-state index in [1.165, 1.54) is 46.2 Å². The van der Waals surface area contributed by atoms with E-state index in [1.807, 2.05) is 23.6 Å². The third-order valence-electron chi connectivity index (χ3n) is 5.89. The number of halogens is 1. The van der Waals surface area contributed by atoms with E-state index < -0.39 is 23.6 Å². The molecule has 0 radical (unpaired) electrons. The number of hydrogen-bond donors (Lipinski definition) is 1. The first kappa shape index (κ1) is 23.8. The van der Waals surface area contributed by atoms with Crippen molar-refractivity contribution in [2.75, 3.05) is 12.4 Å². The Balaban J connectivity index is 1.71. The van der Waals surface area contributed by atoms with Crippen LogP contribution in [0.4, 0.5) is 4.39 Å². The van der Waals surface area contributed by atoms with E-state index in [0.717, 1.165) is 10.6 Å². The number of esters is 1. The summed E-state index contributed by atoms with van der Waals surface area (Å²) in [6.07, 6.45) is 0. The molecule has 0 bridgehead atoms. The number of thiophene rings is 1. The lowest BCUT2D eigenvalue weighted by Crippen LogP contribution is -2.41. The van der Waals surface area contributed by atoms with Gasteiger partial charge in [0, 0.05) is 11.4 Å². The fourth-order valence-electron chi connectivity index (χ4n) is 4.34. The third-order valence-corrected chi connectivity index (χ3v) is 7.78. The van der Waals surface area contributed by atoms with Gasteiger partial charge < -0.3 is 10.5 Å². The molecule has 7 nitrogen and oxygen atoms in total. The van der Waals surface area contributed by atoms with Crippen molar-refractivity contribution < 1.29 is 18.7 Å². The van der Waals surface area contributed by atoms with E-state index in [9.17, 15) is 19.2 Å². The van der Waals surface area contributed by atoms with Crippen molar-refractivity contribution >= 4 is 35.0 Å². The van der Waals surface area contributed by atoms with Crippen LogP contribution in [0.15, 0.2) is 81.6 Å². The Morgan fingerprint density at radius 3 is 2.83 bits per heavy atom. The van der Waals surface area contributed by atoms with Gasteiger partial charge in [0.15, 0.2) is 0 Å². The third kappa shape index (κ3) is 3.96. The van der Waals surface area contributed by atoms with Gasteiger partial charge in [0.1, 0.15) is 16.7 Å². The van der Waals surface area contributed by atoms with Gasteiger partial charge in [-0.1, -0.05) is 30.0 Å². The number of nitriles is 1. The summed E-state index contributed by atoms with van der Waals surface area (Å²) in [5.41, 5.74) is 8.17. The van der Waals surface area contributed by atoms with Gasteiger partial charge in [-0.05, 0) is 48.2 Å². The number of carbonyl (C=O) groups excluding carboxylic acids is 2. The molecule has 2 aromatic heterocycles. The number of carbonyl (C=O) groups is 2. The van der Waals surface area contributed by atoms with E-state index in [4.69, 9.17) is 15.5 Å². The maximum Gasteiger partial charge on any atom is 0.336 e. The Bertz CT molecular complexity index is 1490. The van der Waals surface area contributed by atoms with Gasteiger partial charge in [-0.25, -0.2) is 14.2 Å². The van der Waals surface area contributed by atoms with Crippen LogP contribution in [0, 0.1) is 17.1 Å². The number of allylic oxidation sites excluding steroid dienone is 1. The number of amides is 1. The number of benzene rings is 1. The summed E-state index contributed by atoms with van der Waals surface area (Å²) in [4.78, 5) is 33.9. The second kappa shape index (κ2) is 9.60. The van der Waals surface area contributed by atoms with Crippen LogP contribution in [-0.2, 0) is 9.53 Å². The average Bonchev–Trinajstić information content (AvgIpc) is 3.37. The van der Waals surface area contributed by atoms with Crippen LogP contribution in [0.5, 0.6) is 0 Å². The molecular weight excluding hydrogens is 499 g/mol. The highest BCUT2D eigenvalue weighted by atomic mass is 32.2. The van der Waals surface area contributed by atoms with Crippen LogP contribution < -0.4 is 5.73 Å². The molecule has 0 saturated heterocycles. The van der Waals surface area contributed by atoms with Crippen molar-refractivity contribution in [2.45, 2.75) is 17.9 Å². The first-order valence-corrected chi connectivity index (χ1v) is 12.9. The van der Waals surface area contributed by atoms with Crippen LogP contribution in [-0.4, -0.2) is 34.1 Å². The standard InChI is InChI=1S/C26H19FN4O3S2/c1-2-34-26(33)22-19-13-36-24-16(8-9-18(30-24)20-7-4-10-35-20)25(32)31(19)23(29)17(12-28)21(22)14-5-3-6-15(27)11-14/h3-11,21H,2,13,29H2,1H3. The maximum atomic E-state index is 14.2. The number of rotatable bonds is 4. The lowest BCUT2D eigenvalue weighted by atomic mass is 9.81. The smallest absolute Gasteiger partial charge is 0.336 e. The molecule has 1 atom stereocenters. The minimum Gasteiger partial charge on any atom is -0.463 e. The summed E-state index contributed by atoms with van der Waals surface area (Å²) in [6.45, 7) is 1.74. The fourth-order valence-corrected chi connectivity index (χ4v) is 6.06. The zero-order chi connectivity index (χ0) is 25.4. The molecule has 0 fully saturated rings. The van der Waals surface area contributed by atoms with Crippen LogP contribution in [0.3, 0.4) is 0 Å². The van der Waals surface area contributed by atoms with E-state index in [1.54, 1.807) is 25.1 Å². The molecule has 1 unspecified atom stereocenters. The van der Waals surface area contributed by atoms with E-state index in [2.05, 4.69) is 0 Å². The molecule has 3 aromatic rings. The molecule has 180 valence electrons. The molecular formula is C26H19FN4O3S2. The first-order chi connectivity index (χ1) is 17.4. The van der Waals surface area contributed by atoms with Crippen molar-refractivity contribution in [3.63, 3.8) is 0 Å². The summed E-state index contributed by atoms with van der Waals surface area (Å²) in [5.74, 6) is -2.64. The van der Waals surface area contributed by atoms with Crippen LogP contribution >= 0.6 is 23.1 Å². The summed E-state index contributed by atoms with van der Waals surface area (Å²) < 4.78 is 19.5. The molecule has 1 amide bonds. The van der Waals surface area contributed by atoms with Gasteiger partial charge in [-0.15, -0.1) is 11.3 Å². The van der Waals surface area contributed by atoms with Gasteiger partial charge in [0.25, 0.3) is 5.91 Å². The molecule has 0 aliphatic carbocycles. The summed E-state index contributed by atoms with van der Waals surface area (Å²) in [7, 11) is 0. The highest BCUT2D eigenvalue weighted by Crippen LogP contribution is 2.45. The van der Waals surface area contributed by atoms with E-state index in [-0.39, 0.29) is 29.3 Å². The first-order valence-electron chi connectivity index (χ1n) is 11.0. The normalized spacial score (nSPS) is 17.3.